The fourth-order valence-corrected chi connectivity index (χ4v) is 5.14. The molecule has 3 aliphatic rings. The molecule has 0 aromatic rings. The van der Waals surface area contributed by atoms with Crippen molar-refractivity contribution in [1.82, 2.24) is 4.90 Å². The molecule has 3 aliphatic heterocycles. The van der Waals surface area contributed by atoms with Gasteiger partial charge in [-0.15, -0.1) is 0 Å². The van der Waals surface area contributed by atoms with E-state index in [4.69, 9.17) is 9.47 Å². The third-order valence-corrected chi connectivity index (χ3v) is 6.02. The molecule has 0 aromatic carbocycles. The van der Waals surface area contributed by atoms with Gasteiger partial charge in [0.2, 0.25) is 0 Å². The summed E-state index contributed by atoms with van der Waals surface area (Å²) in [6.45, 7) is 1.33. The van der Waals surface area contributed by atoms with Gasteiger partial charge in [0.25, 0.3) is 0 Å². The third kappa shape index (κ3) is 2.71. The van der Waals surface area contributed by atoms with Crippen LogP contribution in [0.25, 0.3) is 0 Å². The minimum Gasteiger partial charge on any atom is -0.468 e. The van der Waals surface area contributed by atoms with Crippen LogP contribution in [0.3, 0.4) is 0 Å². The van der Waals surface area contributed by atoms with Crippen molar-refractivity contribution in [2.75, 3.05) is 31.8 Å². The summed E-state index contributed by atoms with van der Waals surface area (Å²) in [6, 6.07) is 0.0351. The van der Waals surface area contributed by atoms with Crippen LogP contribution < -0.4 is 0 Å². The van der Waals surface area contributed by atoms with Gasteiger partial charge in [-0.2, -0.15) is 11.8 Å². The Balaban J connectivity index is 1.72. The lowest BCUT2D eigenvalue weighted by Gasteiger charge is -2.42. The lowest BCUT2D eigenvalue weighted by Crippen LogP contribution is -2.52. The zero-order valence-electron chi connectivity index (χ0n) is 11.9. The highest BCUT2D eigenvalue weighted by Crippen LogP contribution is 2.40. The maximum Gasteiger partial charge on any atom is 0.323 e. The molecule has 3 heterocycles. The zero-order valence-corrected chi connectivity index (χ0v) is 12.7. The molecule has 1 spiro atoms. The molecule has 20 heavy (non-hydrogen) atoms. The van der Waals surface area contributed by atoms with Crippen molar-refractivity contribution in [2.45, 2.75) is 49.5 Å². The number of carbonyl (C=O) groups is 1. The molecule has 114 valence electrons. The summed E-state index contributed by atoms with van der Waals surface area (Å²) in [5.74, 6) is 2.00. The molecular weight excluding hydrogens is 278 g/mol. The topological polar surface area (TPSA) is 59.0 Å². The van der Waals surface area contributed by atoms with Crippen LogP contribution in [0.2, 0.25) is 0 Å². The molecule has 3 saturated heterocycles. The fourth-order valence-electron chi connectivity index (χ4n) is 3.76. The Morgan fingerprint density at radius 1 is 1.55 bits per heavy atom. The smallest absolute Gasteiger partial charge is 0.323 e. The SMILES string of the molecule is COC(=O)C1CC(O)CN1C1CCOC2(CCSC2)C1. The van der Waals surface area contributed by atoms with E-state index in [1.807, 2.05) is 11.8 Å². The lowest BCUT2D eigenvalue weighted by molar-refractivity contribution is -0.149. The van der Waals surface area contributed by atoms with Gasteiger partial charge in [-0.3, -0.25) is 9.69 Å². The van der Waals surface area contributed by atoms with Crippen LogP contribution in [0.4, 0.5) is 0 Å². The van der Waals surface area contributed by atoms with Gasteiger partial charge in [0, 0.05) is 31.4 Å². The largest absolute Gasteiger partial charge is 0.468 e. The first-order valence-corrected chi connectivity index (χ1v) is 8.52. The van der Waals surface area contributed by atoms with Crippen LogP contribution in [-0.2, 0) is 14.3 Å². The summed E-state index contributed by atoms with van der Waals surface area (Å²) in [5.41, 5.74) is 0.00178. The zero-order chi connectivity index (χ0) is 14.2. The van der Waals surface area contributed by atoms with E-state index in [1.165, 1.54) is 7.11 Å². The number of hydrogen-bond acceptors (Lipinski definition) is 6. The maximum absolute atomic E-state index is 11.9. The van der Waals surface area contributed by atoms with Crippen molar-refractivity contribution in [3.05, 3.63) is 0 Å². The predicted octanol–water partition coefficient (Wildman–Crippen LogP) is 0.649. The Kier molecular flexibility index (Phi) is 4.26. The molecule has 0 saturated carbocycles. The van der Waals surface area contributed by atoms with Gasteiger partial charge >= 0.3 is 5.97 Å². The fraction of sp³-hybridized carbons (Fsp3) is 0.929. The third-order valence-electron chi connectivity index (χ3n) is 4.79. The Morgan fingerprint density at radius 3 is 3.10 bits per heavy atom. The Hall–Kier alpha value is -0.300. The summed E-state index contributed by atoms with van der Waals surface area (Å²) >= 11 is 1.95. The number of hydrogen-bond donors (Lipinski definition) is 1. The summed E-state index contributed by atoms with van der Waals surface area (Å²) in [5, 5.41) is 9.92. The van der Waals surface area contributed by atoms with Crippen molar-refractivity contribution in [1.29, 1.82) is 0 Å². The normalized spacial score (nSPS) is 42.2. The van der Waals surface area contributed by atoms with Crippen LogP contribution in [0.5, 0.6) is 0 Å². The number of rotatable bonds is 2. The predicted molar refractivity (Wildman–Crippen MR) is 76.8 cm³/mol. The summed E-state index contributed by atoms with van der Waals surface area (Å²) in [7, 11) is 1.42. The molecular formula is C14H23NO4S. The number of β-amino-alcohol motifs (C(OH)–C–C–N with tert-alkyl or cyclic N) is 1. The van der Waals surface area contributed by atoms with Crippen LogP contribution in [-0.4, -0.2) is 71.5 Å². The molecule has 0 bridgehead atoms. The number of aliphatic hydroxyl groups is 1. The Morgan fingerprint density at radius 2 is 2.40 bits per heavy atom. The van der Waals surface area contributed by atoms with Gasteiger partial charge in [0.1, 0.15) is 6.04 Å². The summed E-state index contributed by atoms with van der Waals surface area (Å²) in [6.07, 6.45) is 3.09. The number of aliphatic hydroxyl groups excluding tert-OH is 1. The van der Waals surface area contributed by atoms with E-state index in [9.17, 15) is 9.90 Å². The molecule has 0 aliphatic carbocycles. The molecule has 4 atom stereocenters. The molecule has 4 unspecified atom stereocenters. The maximum atomic E-state index is 11.9. The number of esters is 1. The van der Waals surface area contributed by atoms with Crippen LogP contribution in [0, 0.1) is 0 Å². The van der Waals surface area contributed by atoms with Crippen molar-refractivity contribution in [3.8, 4) is 0 Å². The standard InChI is InChI=1S/C14H23NO4S/c1-18-13(17)12-6-11(16)8-15(12)10-2-4-19-14(7-10)3-5-20-9-14/h10-12,16H,2-9H2,1H3. The Labute approximate surface area is 124 Å². The van der Waals surface area contributed by atoms with E-state index in [0.29, 0.717) is 19.0 Å². The highest BCUT2D eigenvalue weighted by molar-refractivity contribution is 7.99. The average Bonchev–Trinajstić information content (AvgIpc) is 3.05. The first-order valence-electron chi connectivity index (χ1n) is 7.37. The first kappa shape index (κ1) is 14.6. The molecule has 3 fully saturated rings. The minimum absolute atomic E-state index is 0.00178. The molecule has 0 aromatic heterocycles. The molecule has 5 nitrogen and oxygen atoms in total. The van der Waals surface area contributed by atoms with Crippen molar-refractivity contribution < 1.29 is 19.4 Å². The van der Waals surface area contributed by atoms with E-state index in [-0.39, 0.29) is 17.6 Å². The van der Waals surface area contributed by atoms with Crippen molar-refractivity contribution in [2.24, 2.45) is 0 Å². The van der Waals surface area contributed by atoms with Crippen molar-refractivity contribution >= 4 is 17.7 Å². The molecule has 0 amide bonds. The minimum atomic E-state index is -0.421. The number of likely N-dealkylation sites (tertiary alicyclic amines) is 1. The van der Waals surface area contributed by atoms with Gasteiger partial charge in [0.15, 0.2) is 0 Å². The molecule has 6 heteroatoms. The van der Waals surface area contributed by atoms with E-state index in [1.54, 1.807) is 0 Å². The van der Waals surface area contributed by atoms with Crippen LogP contribution >= 0.6 is 11.8 Å². The second kappa shape index (κ2) is 5.83. The summed E-state index contributed by atoms with van der Waals surface area (Å²) in [4.78, 5) is 14.1. The van der Waals surface area contributed by atoms with Gasteiger partial charge in [-0.25, -0.2) is 0 Å². The van der Waals surface area contributed by atoms with Crippen molar-refractivity contribution in [3.63, 3.8) is 0 Å². The molecule has 0 radical (unpaired) electrons. The van der Waals surface area contributed by atoms with E-state index in [0.717, 1.165) is 37.4 Å². The first-order chi connectivity index (χ1) is 9.63. The molecule has 3 rings (SSSR count). The summed E-state index contributed by atoms with van der Waals surface area (Å²) < 4.78 is 10.9. The number of carbonyl (C=O) groups excluding carboxylic acids is 1. The number of thioether (sulfide) groups is 1. The van der Waals surface area contributed by atoms with Gasteiger partial charge < -0.3 is 14.6 Å². The number of methoxy groups -OCH3 is 1. The Bertz CT molecular complexity index is 372. The van der Waals surface area contributed by atoms with E-state index in [2.05, 4.69) is 4.90 Å². The van der Waals surface area contributed by atoms with Gasteiger partial charge in [-0.05, 0) is 25.0 Å². The second-order valence-electron chi connectivity index (χ2n) is 6.11. The lowest BCUT2D eigenvalue weighted by atomic mass is 9.88. The average molecular weight is 301 g/mol. The van der Waals surface area contributed by atoms with Crippen LogP contribution in [0.15, 0.2) is 0 Å². The monoisotopic (exact) mass is 301 g/mol. The van der Waals surface area contributed by atoms with Gasteiger partial charge in [0.05, 0.1) is 18.8 Å². The quantitative estimate of drug-likeness (QED) is 0.756. The second-order valence-corrected chi connectivity index (χ2v) is 7.21. The molecule has 1 N–H and O–H groups in total. The van der Waals surface area contributed by atoms with Gasteiger partial charge in [-0.1, -0.05) is 0 Å². The van der Waals surface area contributed by atoms with E-state index >= 15 is 0 Å². The number of ether oxygens (including phenoxy) is 2. The van der Waals surface area contributed by atoms with Crippen LogP contribution in [0.1, 0.15) is 25.7 Å². The number of nitrogens with zero attached hydrogens (tertiary/aromatic N) is 1. The highest BCUT2D eigenvalue weighted by Gasteiger charge is 2.47. The van der Waals surface area contributed by atoms with E-state index < -0.39 is 6.10 Å². The highest BCUT2D eigenvalue weighted by atomic mass is 32.2.